The lowest BCUT2D eigenvalue weighted by Crippen LogP contribution is -2.18. The van der Waals surface area contributed by atoms with Crippen LogP contribution < -0.4 is 4.83 Å². The van der Waals surface area contributed by atoms with Crippen LogP contribution in [0.15, 0.2) is 40.3 Å². The van der Waals surface area contributed by atoms with Crippen molar-refractivity contribution in [1.29, 1.82) is 0 Å². The second-order valence-corrected chi connectivity index (χ2v) is 5.81. The molecule has 0 aromatic heterocycles. The number of rotatable bonds is 4. The van der Waals surface area contributed by atoms with Crippen LogP contribution in [0.4, 0.5) is 22.0 Å². The molecule has 0 atom stereocenters. The van der Waals surface area contributed by atoms with Gasteiger partial charge in [0.25, 0.3) is 10.0 Å². The fourth-order valence-electron chi connectivity index (χ4n) is 1.55. The Morgan fingerprint density at radius 3 is 1.83 bits per heavy atom. The predicted molar refractivity (Wildman–Crippen MR) is 70.6 cm³/mol. The van der Waals surface area contributed by atoms with E-state index in [4.69, 9.17) is 0 Å². The van der Waals surface area contributed by atoms with Crippen molar-refractivity contribution in [1.82, 2.24) is 4.83 Å². The van der Waals surface area contributed by atoms with Gasteiger partial charge in [-0.2, -0.15) is 13.5 Å². The number of benzene rings is 2. The molecule has 0 amide bonds. The van der Waals surface area contributed by atoms with Crippen LogP contribution in [0.5, 0.6) is 0 Å². The number of hydrogen-bond donors (Lipinski definition) is 1. The molecule has 23 heavy (non-hydrogen) atoms. The molecule has 0 unspecified atom stereocenters. The van der Waals surface area contributed by atoms with Crippen molar-refractivity contribution in [2.24, 2.45) is 5.10 Å². The normalized spacial score (nSPS) is 11.9. The van der Waals surface area contributed by atoms with Gasteiger partial charge < -0.3 is 0 Å². The van der Waals surface area contributed by atoms with Gasteiger partial charge in [0.05, 0.1) is 16.7 Å². The van der Waals surface area contributed by atoms with E-state index in [-0.39, 0.29) is 11.1 Å². The first kappa shape index (κ1) is 16.9. The summed E-state index contributed by atoms with van der Waals surface area (Å²) < 4.78 is 89.0. The summed E-state index contributed by atoms with van der Waals surface area (Å²) >= 11 is 0. The zero-order chi connectivity index (χ0) is 17.2. The Hall–Kier alpha value is -2.49. The molecule has 122 valence electrons. The molecular formula is C13H7F5N2O2S. The van der Waals surface area contributed by atoms with Crippen molar-refractivity contribution in [3.8, 4) is 0 Å². The number of nitrogens with zero attached hydrogens (tertiary/aromatic N) is 1. The van der Waals surface area contributed by atoms with Gasteiger partial charge in [0.2, 0.25) is 5.82 Å². The summed E-state index contributed by atoms with van der Waals surface area (Å²) in [5.74, 6) is -10.9. The third-order valence-electron chi connectivity index (χ3n) is 2.66. The van der Waals surface area contributed by atoms with Crippen LogP contribution in [0.2, 0.25) is 0 Å². The molecule has 0 heterocycles. The van der Waals surface area contributed by atoms with Crippen molar-refractivity contribution in [3.05, 3.63) is 65.0 Å². The average molecular weight is 350 g/mol. The van der Waals surface area contributed by atoms with E-state index >= 15 is 0 Å². The molecule has 0 aliphatic carbocycles. The van der Waals surface area contributed by atoms with Crippen molar-refractivity contribution >= 4 is 16.2 Å². The maximum absolute atomic E-state index is 13.4. The minimum atomic E-state index is -4.14. The molecule has 0 aliphatic heterocycles. The second-order valence-electron chi connectivity index (χ2n) is 4.15. The molecule has 0 fully saturated rings. The number of sulfonamides is 1. The smallest absolute Gasteiger partial charge is 0.203 e. The lowest BCUT2D eigenvalue weighted by molar-refractivity contribution is 0.377. The van der Waals surface area contributed by atoms with Crippen LogP contribution in [0, 0.1) is 29.1 Å². The summed E-state index contributed by atoms with van der Waals surface area (Å²) in [4.78, 5) is 1.40. The first-order valence-electron chi connectivity index (χ1n) is 5.87. The van der Waals surface area contributed by atoms with Gasteiger partial charge in [-0.25, -0.2) is 26.8 Å². The quantitative estimate of drug-likeness (QED) is 0.303. The molecule has 0 bridgehead atoms. The molecule has 0 radical (unpaired) electrons. The van der Waals surface area contributed by atoms with Gasteiger partial charge >= 0.3 is 0 Å². The number of hydrazone groups is 1. The second kappa shape index (κ2) is 6.32. The fourth-order valence-corrected chi connectivity index (χ4v) is 2.36. The van der Waals surface area contributed by atoms with Gasteiger partial charge in [0, 0.05) is 0 Å². The first-order chi connectivity index (χ1) is 10.8. The SMILES string of the molecule is O=S(=O)(NN=Cc1c(F)c(F)c(F)c(F)c1F)c1ccccc1. The van der Waals surface area contributed by atoms with E-state index in [1.165, 1.54) is 24.3 Å². The minimum Gasteiger partial charge on any atom is -0.203 e. The highest BCUT2D eigenvalue weighted by atomic mass is 32.2. The molecule has 0 saturated carbocycles. The van der Waals surface area contributed by atoms with Crippen molar-refractivity contribution in [2.45, 2.75) is 4.90 Å². The molecular weight excluding hydrogens is 343 g/mol. The van der Waals surface area contributed by atoms with E-state index in [0.29, 0.717) is 0 Å². The molecule has 2 aromatic carbocycles. The highest BCUT2D eigenvalue weighted by molar-refractivity contribution is 7.89. The summed E-state index contributed by atoms with van der Waals surface area (Å²) in [5.41, 5.74) is -1.36. The molecule has 2 rings (SSSR count). The third-order valence-corrected chi connectivity index (χ3v) is 3.90. The molecule has 2 aromatic rings. The Kier molecular flexibility index (Phi) is 4.64. The molecule has 0 aliphatic rings. The number of halogens is 5. The van der Waals surface area contributed by atoms with Gasteiger partial charge in [0.15, 0.2) is 23.3 Å². The van der Waals surface area contributed by atoms with Crippen molar-refractivity contribution < 1.29 is 30.4 Å². The molecule has 0 saturated heterocycles. The maximum atomic E-state index is 13.4. The summed E-state index contributed by atoms with van der Waals surface area (Å²) in [6.07, 6.45) is 0.191. The molecule has 10 heteroatoms. The van der Waals surface area contributed by atoms with Gasteiger partial charge in [-0.3, -0.25) is 0 Å². The van der Waals surface area contributed by atoms with E-state index < -0.39 is 44.7 Å². The van der Waals surface area contributed by atoms with Gasteiger partial charge in [-0.05, 0) is 12.1 Å². The first-order valence-corrected chi connectivity index (χ1v) is 7.35. The fraction of sp³-hybridized carbons (Fsp3) is 0. The third kappa shape index (κ3) is 3.31. The summed E-state index contributed by atoms with van der Waals surface area (Å²) in [6, 6.07) is 6.83. The van der Waals surface area contributed by atoms with Crippen molar-refractivity contribution in [2.75, 3.05) is 0 Å². The largest absolute Gasteiger partial charge is 0.276 e. The molecule has 0 spiro atoms. The average Bonchev–Trinajstić information content (AvgIpc) is 2.55. The van der Waals surface area contributed by atoms with E-state index in [9.17, 15) is 30.4 Å². The van der Waals surface area contributed by atoms with Crippen LogP contribution in [0.25, 0.3) is 0 Å². The molecule has 4 nitrogen and oxygen atoms in total. The van der Waals surface area contributed by atoms with E-state index in [2.05, 4.69) is 5.10 Å². The lowest BCUT2D eigenvalue weighted by Gasteiger charge is -2.05. The Labute approximate surface area is 127 Å². The summed E-state index contributed by atoms with van der Waals surface area (Å²) in [6.45, 7) is 0. The standard InChI is InChI=1S/C13H7F5N2O2S/c14-9-8(10(15)12(17)13(18)11(9)16)6-19-20-23(21,22)7-4-2-1-3-5-7/h1-6,20H. The van der Waals surface area contributed by atoms with E-state index in [1.54, 1.807) is 10.9 Å². The van der Waals surface area contributed by atoms with Gasteiger partial charge in [-0.15, -0.1) is 0 Å². The lowest BCUT2D eigenvalue weighted by atomic mass is 10.2. The number of hydrogen-bond acceptors (Lipinski definition) is 3. The highest BCUT2D eigenvalue weighted by Crippen LogP contribution is 2.21. The maximum Gasteiger partial charge on any atom is 0.276 e. The van der Waals surface area contributed by atoms with Crippen molar-refractivity contribution in [3.63, 3.8) is 0 Å². The van der Waals surface area contributed by atoms with Gasteiger partial charge in [0.1, 0.15) is 0 Å². The summed E-state index contributed by atoms with van der Waals surface area (Å²) in [7, 11) is -4.14. The Morgan fingerprint density at radius 1 is 0.826 bits per heavy atom. The highest BCUT2D eigenvalue weighted by Gasteiger charge is 2.24. The zero-order valence-electron chi connectivity index (χ0n) is 11.0. The Balaban J connectivity index is 2.32. The van der Waals surface area contributed by atoms with E-state index in [1.807, 2.05) is 0 Å². The van der Waals surface area contributed by atoms with Crippen LogP contribution in [-0.4, -0.2) is 14.6 Å². The topological polar surface area (TPSA) is 58.5 Å². The molecule has 1 N–H and O–H groups in total. The Morgan fingerprint density at radius 2 is 1.30 bits per heavy atom. The van der Waals surface area contributed by atoms with Crippen LogP contribution in [0.3, 0.4) is 0 Å². The number of nitrogens with one attached hydrogen (secondary N) is 1. The van der Waals surface area contributed by atoms with Crippen LogP contribution in [-0.2, 0) is 10.0 Å². The zero-order valence-corrected chi connectivity index (χ0v) is 11.8. The monoisotopic (exact) mass is 350 g/mol. The van der Waals surface area contributed by atoms with Crippen LogP contribution >= 0.6 is 0 Å². The predicted octanol–water partition coefficient (Wildman–Crippen LogP) is 2.69. The Bertz CT molecular complexity index is 841. The van der Waals surface area contributed by atoms with E-state index in [0.717, 1.165) is 0 Å². The summed E-state index contributed by atoms with van der Waals surface area (Å²) in [5, 5.41) is 3.02. The van der Waals surface area contributed by atoms with Crippen LogP contribution in [0.1, 0.15) is 5.56 Å². The van der Waals surface area contributed by atoms with Gasteiger partial charge in [-0.1, -0.05) is 18.2 Å². The minimum absolute atomic E-state index is 0.191.